The van der Waals surface area contributed by atoms with Crippen LogP contribution in [0, 0.1) is 11.7 Å². The lowest BCUT2D eigenvalue weighted by molar-refractivity contribution is 0.170. The predicted molar refractivity (Wildman–Crippen MR) is 192 cm³/mol. The summed E-state index contributed by atoms with van der Waals surface area (Å²) >= 11 is 0. The minimum Gasteiger partial charge on any atom is -0.477 e. The van der Waals surface area contributed by atoms with Crippen LogP contribution in [0.2, 0.25) is 0 Å². The van der Waals surface area contributed by atoms with E-state index >= 15 is 4.21 Å². The fourth-order valence-electron chi connectivity index (χ4n) is 6.38. The number of aromatic nitrogens is 2. The molecule has 4 aromatic carbocycles. The van der Waals surface area contributed by atoms with Crippen molar-refractivity contribution >= 4 is 21.6 Å². The van der Waals surface area contributed by atoms with Gasteiger partial charge < -0.3 is 10.1 Å². The molecule has 8 nitrogen and oxygen atoms in total. The largest absolute Gasteiger partial charge is 0.477 e. The molecule has 5 aromatic rings. The van der Waals surface area contributed by atoms with Crippen molar-refractivity contribution in [2.24, 2.45) is 10.3 Å². The van der Waals surface area contributed by atoms with E-state index in [0.717, 1.165) is 16.7 Å². The van der Waals surface area contributed by atoms with Crippen LogP contribution in [-0.4, -0.2) is 26.6 Å². The second-order valence-electron chi connectivity index (χ2n) is 13.2. The highest BCUT2D eigenvalue weighted by Gasteiger charge is 2.40. The highest BCUT2D eigenvalue weighted by atomic mass is 32.2. The Labute approximate surface area is 288 Å². The molecule has 2 heterocycles. The van der Waals surface area contributed by atoms with Gasteiger partial charge in [-0.25, -0.2) is 22.8 Å². The van der Waals surface area contributed by atoms with Crippen LogP contribution in [0.3, 0.4) is 0 Å². The molecule has 10 heteroatoms. The quantitative estimate of drug-likeness (QED) is 0.152. The number of ether oxygens (including phenoxy) is 1. The molecule has 0 radical (unpaired) electrons. The highest BCUT2D eigenvalue weighted by Crippen LogP contribution is 2.43. The summed E-state index contributed by atoms with van der Waals surface area (Å²) in [4.78, 5) is 14.4. The van der Waals surface area contributed by atoms with E-state index in [-0.39, 0.29) is 28.5 Å². The maximum atomic E-state index is 15.9. The van der Waals surface area contributed by atoms with E-state index in [1.54, 1.807) is 4.68 Å². The van der Waals surface area contributed by atoms with Crippen LogP contribution in [0.4, 0.5) is 14.9 Å². The molecule has 49 heavy (non-hydrogen) atoms. The lowest BCUT2D eigenvalue weighted by atomic mass is 9.78. The van der Waals surface area contributed by atoms with Gasteiger partial charge in [0.25, 0.3) is 0 Å². The Hall–Kier alpha value is -4.96. The summed E-state index contributed by atoms with van der Waals surface area (Å²) in [6.45, 7) is 10.7. The number of fused-ring (bicyclic) bond motifs is 1. The summed E-state index contributed by atoms with van der Waals surface area (Å²) in [5.74, 6) is -0.102. The smallest absolute Gasteiger partial charge is 0.331 e. The minimum absolute atomic E-state index is 0.0995. The lowest BCUT2D eigenvalue weighted by Crippen LogP contribution is -2.38. The van der Waals surface area contributed by atoms with Crippen molar-refractivity contribution in [1.29, 1.82) is 0 Å². The molecule has 1 aliphatic rings. The molecule has 6 rings (SSSR count). The van der Waals surface area contributed by atoms with E-state index in [9.17, 15) is 9.18 Å². The van der Waals surface area contributed by atoms with Crippen molar-refractivity contribution in [3.05, 3.63) is 143 Å². The van der Waals surface area contributed by atoms with Gasteiger partial charge in [0.05, 0.1) is 19.3 Å². The van der Waals surface area contributed by atoms with Crippen molar-refractivity contribution in [2.75, 3.05) is 11.9 Å². The summed E-state index contributed by atoms with van der Waals surface area (Å²) in [6.07, 6.45) is 1.47. The van der Waals surface area contributed by atoms with Gasteiger partial charge in [-0.05, 0) is 51.8 Å². The van der Waals surface area contributed by atoms with Gasteiger partial charge in [-0.1, -0.05) is 126 Å². The average molecular weight is 680 g/mol. The molecule has 0 aliphatic carbocycles. The van der Waals surface area contributed by atoms with Crippen LogP contribution in [0.25, 0.3) is 0 Å². The van der Waals surface area contributed by atoms with Crippen molar-refractivity contribution in [3.8, 4) is 5.88 Å². The summed E-state index contributed by atoms with van der Waals surface area (Å²) in [6, 6.07) is 31.0. The van der Waals surface area contributed by atoms with Crippen LogP contribution in [0.15, 0.2) is 119 Å². The molecule has 0 saturated carbocycles. The maximum Gasteiger partial charge on any atom is 0.331 e. The van der Waals surface area contributed by atoms with Gasteiger partial charge in [-0.2, -0.15) is 9.46 Å². The van der Waals surface area contributed by atoms with E-state index in [4.69, 9.17) is 9.10 Å². The van der Waals surface area contributed by atoms with E-state index in [1.165, 1.54) is 18.3 Å². The van der Waals surface area contributed by atoms with Crippen LogP contribution < -0.4 is 14.8 Å². The van der Waals surface area contributed by atoms with Gasteiger partial charge in [0, 0.05) is 11.6 Å². The average Bonchev–Trinajstić information content (AvgIpc) is 3.53. The zero-order valence-corrected chi connectivity index (χ0v) is 29.2. The number of nitrogens with one attached hydrogen (secondary N) is 2. The Morgan fingerprint density at radius 1 is 0.898 bits per heavy atom. The second-order valence-corrected chi connectivity index (χ2v) is 15.0. The molecule has 2 N–H and O–H groups in total. The molecule has 1 aliphatic heterocycles. The second kappa shape index (κ2) is 13.9. The summed E-state index contributed by atoms with van der Waals surface area (Å²) in [5, 5.41) is 7.49. The van der Waals surface area contributed by atoms with Crippen molar-refractivity contribution in [1.82, 2.24) is 14.5 Å². The molecule has 2 atom stereocenters. The summed E-state index contributed by atoms with van der Waals surface area (Å²) in [7, 11) is -3.90. The van der Waals surface area contributed by atoms with Gasteiger partial charge in [0.15, 0.2) is 9.92 Å². The topological polar surface area (TPSA) is 97.6 Å². The normalized spacial score (nSPS) is 15.6. The van der Waals surface area contributed by atoms with E-state index in [1.807, 2.05) is 126 Å². The number of carbonyl (C=O) groups excluding carboxylic acids is 1. The fourth-order valence-corrected chi connectivity index (χ4v) is 8.23. The number of anilines is 1. The fraction of sp³-hybridized carbons (Fsp3) is 0.282. The van der Waals surface area contributed by atoms with E-state index < -0.39 is 21.5 Å². The molecule has 254 valence electrons. The zero-order chi connectivity index (χ0) is 34.8. The van der Waals surface area contributed by atoms with Crippen LogP contribution in [0.5, 0.6) is 5.88 Å². The number of rotatable bonds is 9. The first kappa shape index (κ1) is 33.9. The van der Waals surface area contributed by atoms with Gasteiger partial charge >= 0.3 is 6.03 Å². The van der Waals surface area contributed by atoms with Gasteiger partial charge in [0.1, 0.15) is 16.3 Å². The monoisotopic (exact) mass is 679 g/mol. The number of nitrogens with zero attached hydrogens (tertiary/aromatic N) is 3. The van der Waals surface area contributed by atoms with Crippen molar-refractivity contribution in [2.45, 2.75) is 63.4 Å². The van der Waals surface area contributed by atoms with Crippen LogP contribution >= 0.6 is 0 Å². The Kier molecular flexibility index (Phi) is 9.61. The minimum atomic E-state index is -3.90. The number of halogens is 1. The molecular formula is C39H42FN5O3S. The Balaban J connectivity index is 1.61. The summed E-state index contributed by atoms with van der Waals surface area (Å²) in [5.41, 5.74) is 2.66. The van der Waals surface area contributed by atoms with Crippen LogP contribution in [0.1, 0.15) is 74.3 Å². The third kappa shape index (κ3) is 6.70. The SMILES string of the molecule is CC(C)c1cc(F)cc(C(C)C)c1NC(=O)NS(=O)(=NC(c1ccccc1)(c1ccccc1)c1ccccc1)c1cnn2c1OC[C@@H](C)C2. The highest BCUT2D eigenvalue weighted by molar-refractivity contribution is 7.92. The van der Waals surface area contributed by atoms with Gasteiger partial charge in [0.2, 0.25) is 5.88 Å². The maximum absolute atomic E-state index is 15.9. The first-order chi connectivity index (χ1) is 23.5. The Morgan fingerprint density at radius 3 is 1.86 bits per heavy atom. The number of carbonyl (C=O) groups is 1. The number of urea groups is 1. The van der Waals surface area contributed by atoms with Crippen molar-refractivity contribution in [3.63, 3.8) is 0 Å². The lowest BCUT2D eigenvalue weighted by Gasteiger charge is -2.33. The first-order valence-corrected chi connectivity index (χ1v) is 18.1. The molecule has 0 spiro atoms. The van der Waals surface area contributed by atoms with E-state index in [2.05, 4.69) is 15.1 Å². The first-order valence-electron chi connectivity index (χ1n) is 16.6. The molecule has 0 saturated heterocycles. The van der Waals surface area contributed by atoms with E-state index in [0.29, 0.717) is 35.8 Å². The predicted octanol–water partition coefficient (Wildman–Crippen LogP) is 8.85. The Morgan fingerprint density at radius 2 is 1.39 bits per heavy atom. The van der Waals surface area contributed by atoms with Gasteiger partial charge in [-0.15, -0.1) is 0 Å². The molecule has 1 aromatic heterocycles. The summed E-state index contributed by atoms with van der Waals surface area (Å²) < 4.78 is 46.6. The third-order valence-electron chi connectivity index (χ3n) is 8.76. The van der Waals surface area contributed by atoms with Crippen LogP contribution in [-0.2, 0) is 22.0 Å². The zero-order valence-electron chi connectivity index (χ0n) is 28.4. The van der Waals surface area contributed by atoms with Gasteiger partial charge in [-0.3, -0.25) is 0 Å². The molecule has 2 amide bonds. The molecular weight excluding hydrogens is 638 g/mol. The Bertz CT molecular complexity index is 1930. The number of hydrogen-bond donors (Lipinski definition) is 2. The number of benzene rings is 4. The standard InChI is InChI=1S/C39H42FN5O3S/c1-26(2)33-21-32(40)22-34(27(3)4)36(33)42-38(46)43-49(47,35-23-41-45-24-28(5)25-48-37(35)45)44-39(29-15-9-6-10-16-29,30-17-11-7-12-18-30)31-19-13-8-14-20-31/h6-23,26-28H,24-25H2,1-5H3,(H2,42,43,44,46,47)/t28-,49?/m0/s1. The molecule has 0 fully saturated rings. The number of hydrogen-bond acceptors (Lipinski definition) is 5. The van der Waals surface area contributed by atoms with Crippen molar-refractivity contribution < 1.29 is 18.1 Å². The number of amides is 2. The third-order valence-corrected chi connectivity index (χ3v) is 10.6. The molecule has 0 bridgehead atoms. The molecule has 1 unspecified atom stereocenters.